The van der Waals surface area contributed by atoms with Gasteiger partial charge in [0.25, 0.3) is 0 Å². The first kappa shape index (κ1) is 34.8. The molecule has 3 aromatic carbocycles. The number of nitrogens with one attached hydrogen (secondary N) is 1. The summed E-state index contributed by atoms with van der Waals surface area (Å²) in [5, 5.41) is 14.1. The molecular weight excluding hydrogens is 693 g/mol. The van der Waals surface area contributed by atoms with Gasteiger partial charge in [0.05, 0.1) is 22.8 Å². The Hall–Kier alpha value is -5.62. The molecule has 52 heavy (non-hydrogen) atoms. The molecule has 1 aliphatic heterocycles. The fourth-order valence-corrected chi connectivity index (χ4v) is 9.04. The molecule has 0 spiro atoms. The van der Waals surface area contributed by atoms with Crippen molar-refractivity contribution in [2.24, 2.45) is 5.73 Å². The van der Waals surface area contributed by atoms with Crippen LogP contribution in [0.4, 0.5) is 16.2 Å². The third kappa shape index (κ3) is 7.52. The van der Waals surface area contributed by atoms with Crippen molar-refractivity contribution < 1.29 is 23.2 Å². The van der Waals surface area contributed by atoms with Gasteiger partial charge < -0.3 is 11.1 Å². The highest BCUT2D eigenvalue weighted by molar-refractivity contribution is 7.95. The molecule has 0 bridgehead atoms. The number of hydroxylamine groups is 1. The molecule has 3 heterocycles. The van der Waals surface area contributed by atoms with Gasteiger partial charge in [0, 0.05) is 27.8 Å². The van der Waals surface area contributed by atoms with Crippen LogP contribution in [0.2, 0.25) is 0 Å². The summed E-state index contributed by atoms with van der Waals surface area (Å²) < 4.78 is 22.3. The first-order chi connectivity index (χ1) is 25.2. The molecule has 0 radical (unpaired) electrons. The fraction of sp³-hybridized carbons (Fsp3) is 0.146. The standard InChI is InChI=1S/C34H27N3O2S.C7H9NO3S/c38-34(36-26-7-4-18-35-21-26)37(39)27-8-3-6-24(20-27)32-16-17-33(40-32)25-12-13-29-23(19-25)11-15-30-28-9-2-1-5-22(28)10-14-31(29)30;8-7(9)5-6-3-1-2-4-12(6,10)11/h1-9,11,15-21,39H,10,12-14H2,(H,36,38);1-4,6H,5H2,(H2,8,9). The summed E-state index contributed by atoms with van der Waals surface area (Å²) in [4.78, 5) is 29.3. The minimum atomic E-state index is -3.29. The molecule has 2 aliphatic carbocycles. The first-order valence-electron chi connectivity index (χ1n) is 16.9. The monoisotopic (exact) mass is 728 g/mol. The van der Waals surface area contributed by atoms with Crippen LogP contribution in [0, 0.1) is 0 Å². The lowest BCUT2D eigenvalue weighted by Gasteiger charge is -2.26. The number of pyridine rings is 1. The highest BCUT2D eigenvalue weighted by Crippen LogP contribution is 2.42. The van der Waals surface area contributed by atoms with Crippen LogP contribution < -0.4 is 16.1 Å². The Bertz CT molecular complexity index is 2360. The van der Waals surface area contributed by atoms with Gasteiger partial charge in [0.2, 0.25) is 5.91 Å². The first-order valence-corrected chi connectivity index (χ1v) is 19.3. The summed E-state index contributed by atoms with van der Waals surface area (Å²) in [5.41, 5.74) is 16.7. The van der Waals surface area contributed by atoms with Gasteiger partial charge in [-0.25, -0.2) is 13.2 Å². The number of hydrogen-bond donors (Lipinski definition) is 3. The highest BCUT2D eigenvalue weighted by atomic mass is 32.2. The lowest BCUT2D eigenvalue weighted by atomic mass is 9.78. The minimum Gasteiger partial charge on any atom is -0.370 e. The maximum Gasteiger partial charge on any atom is 0.350 e. The number of amides is 3. The smallest absolute Gasteiger partial charge is 0.350 e. The molecule has 8 rings (SSSR count). The van der Waals surface area contributed by atoms with E-state index in [-0.39, 0.29) is 6.42 Å². The van der Waals surface area contributed by atoms with E-state index in [1.807, 2.05) is 18.2 Å². The molecule has 3 aliphatic rings. The quantitative estimate of drug-likeness (QED) is 0.119. The molecule has 2 aromatic heterocycles. The highest BCUT2D eigenvalue weighted by Gasteiger charge is 2.24. The fourth-order valence-electron chi connectivity index (χ4n) is 6.78. The molecule has 1 unspecified atom stereocenters. The third-order valence-corrected chi connectivity index (χ3v) is 12.2. The van der Waals surface area contributed by atoms with Crippen LogP contribution in [0.15, 0.2) is 121 Å². The van der Waals surface area contributed by atoms with E-state index in [0.717, 1.165) is 41.5 Å². The van der Waals surface area contributed by atoms with E-state index in [1.165, 1.54) is 62.2 Å². The Kier molecular flexibility index (Phi) is 9.99. The van der Waals surface area contributed by atoms with Gasteiger partial charge in [-0.1, -0.05) is 72.8 Å². The molecule has 9 nitrogen and oxygen atoms in total. The lowest BCUT2D eigenvalue weighted by molar-refractivity contribution is -0.117. The summed E-state index contributed by atoms with van der Waals surface area (Å²) in [6, 6.07) is 27.9. The summed E-state index contributed by atoms with van der Waals surface area (Å²) in [6.07, 6.45) is 14.1. The summed E-state index contributed by atoms with van der Waals surface area (Å²) in [5.74, 6) is -0.608. The number of nitrogens with zero attached hydrogens (tertiary/aromatic N) is 2. The van der Waals surface area contributed by atoms with E-state index in [9.17, 15) is 23.2 Å². The molecule has 0 saturated heterocycles. The molecular formula is C41H36N4O5S2. The van der Waals surface area contributed by atoms with E-state index in [2.05, 4.69) is 64.9 Å². The second kappa shape index (κ2) is 14.9. The molecule has 262 valence electrons. The van der Waals surface area contributed by atoms with Crippen molar-refractivity contribution in [1.82, 2.24) is 4.98 Å². The van der Waals surface area contributed by atoms with Crippen molar-refractivity contribution in [3.8, 4) is 21.6 Å². The van der Waals surface area contributed by atoms with Crippen LogP contribution in [0.3, 0.4) is 0 Å². The molecule has 3 amide bonds. The van der Waals surface area contributed by atoms with Gasteiger partial charge >= 0.3 is 6.03 Å². The number of carbonyl (C=O) groups excluding carboxylic acids is 2. The molecule has 1 atom stereocenters. The van der Waals surface area contributed by atoms with Crippen LogP contribution in [-0.4, -0.2) is 35.8 Å². The van der Waals surface area contributed by atoms with Crippen molar-refractivity contribution in [2.75, 3.05) is 10.4 Å². The average Bonchev–Trinajstić information content (AvgIpc) is 3.66. The predicted molar refractivity (Wildman–Crippen MR) is 208 cm³/mol. The summed E-state index contributed by atoms with van der Waals surface area (Å²) in [6.45, 7) is 0. The van der Waals surface area contributed by atoms with Gasteiger partial charge in [-0.2, -0.15) is 5.06 Å². The molecule has 0 fully saturated rings. The van der Waals surface area contributed by atoms with Crippen molar-refractivity contribution in [3.05, 3.63) is 148 Å². The zero-order chi connectivity index (χ0) is 36.2. The number of sulfone groups is 1. The number of thiophene rings is 1. The van der Waals surface area contributed by atoms with Gasteiger partial charge in [-0.3, -0.25) is 15.0 Å². The zero-order valence-electron chi connectivity index (χ0n) is 28.1. The summed E-state index contributed by atoms with van der Waals surface area (Å²) >= 11 is 1.74. The van der Waals surface area contributed by atoms with Crippen LogP contribution in [0.25, 0.3) is 33.2 Å². The van der Waals surface area contributed by atoms with Crippen molar-refractivity contribution in [1.29, 1.82) is 0 Å². The number of rotatable bonds is 6. The number of anilines is 2. The molecule has 11 heteroatoms. The number of benzene rings is 3. The Morgan fingerprint density at radius 2 is 1.71 bits per heavy atom. The van der Waals surface area contributed by atoms with Gasteiger partial charge in [0.15, 0.2) is 9.84 Å². The second-order valence-corrected chi connectivity index (χ2v) is 15.8. The number of aryl methyl sites for hydroxylation is 1. The Labute approximate surface area is 306 Å². The second-order valence-electron chi connectivity index (χ2n) is 12.7. The number of carbonyl (C=O) groups is 2. The van der Waals surface area contributed by atoms with E-state index in [4.69, 9.17) is 5.73 Å². The van der Waals surface area contributed by atoms with Crippen molar-refractivity contribution >= 4 is 56.1 Å². The molecule has 5 aromatic rings. The average molecular weight is 729 g/mol. The number of hydrogen-bond acceptors (Lipinski definition) is 7. The zero-order valence-corrected chi connectivity index (χ0v) is 29.7. The Morgan fingerprint density at radius 3 is 2.52 bits per heavy atom. The van der Waals surface area contributed by atoms with Crippen molar-refractivity contribution in [3.63, 3.8) is 0 Å². The van der Waals surface area contributed by atoms with Gasteiger partial charge in [-0.05, 0) is 107 Å². The topological polar surface area (TPSA) is 143 Å². The van der Waals surface area contributed by atoms with Crippen LogP contribution in [-0.2, 0) is 33.9 Å². The maximum absolute atomic E-state index is 12.6. The van der Waals surface area contributed by atoms with E-state index >= 15 is 0 Å². The summed E-state index contributed by atoms with van der Waals surface area (Å²) in [7, 11) is -3.29. The number of aromatic nitrogens is 1. The number of fused-ring (bicyclic) bond motifs is 5. The van der Waals surface area contributed by atoms with E-state index < -0.39 is 27.0 Å². The van der Waals surface area contributed by atoms with E-state index in [0.29, 0.717) is 16.4 Å². The third-order valence-electron chi connectivity index (χ3n) is 9.33. The van der Waals surface area contributed by atoms with Crippen LogP contribution in [0.1, 0.15) is 40.0 Å². The number of nitrogens with two attached hydrogens (primary N) is 1. The molecule has 0 saturated carbocycles. The SMILES string of the molecule is NC(=O)CC1C=CC=CS1(=O)=O.O=C(Nc1cccnc1)N(O)c1cccc(-c2ccc(C3=Cc4ccc5c(c4CC3)CCc3ccccc3-5)s2)c1. The Balaban J connectivity index is 0.000000300. The van der Waals surface area contributed by atoms with Gasteiger partial charge in [-0.15, -0.1) is 11.3 Å². The number of primary amides is 1. The van der Waals surface area contributed by atoms with E-state index in [1.54, 1.807) is 41.8 Å². The normalized spacial score (nSPS) is 16.2. The number of urea groups is 1. The predicted octanol–water partition coefficient (Wildman–Crippen LogP) is 8.22. The minimum absolute atomic E-state index is 0.150. The van der Waals surface area contributed by atoms with Crippen LogP contribution >= 0.6 is 11.3 Å². The molecule has 4 N–H and O–H groups in total. The lowest BCUT2D eigenvalue weighted by Crippen LogP contribution is -2.31. The van der Waals surface area contributed by atoms with Gasteiger partial charge in [0.1, 0.15) is 0 Å². The largest absolute Gasteiger partial charge is 0.370 e. The van der Waals surface area contributed by atoms with Crippen molar-refractivity contribution in [2.45, 2.75) is 37.4 Å². The Morgan fingerprint density at radius 1 is 0.885 bits per heavy atom. The van der Waals surface area contributed by atoms with Crippen LogP contribution in [0.5, 0.6) is 0 Å². The maximum atomic E-state index is 12.6. The number of allylic oxidation sites excluding steroid dienone is 3.